The van der Waals surface area contributed by atoms with E-state index in [1.54, 1.807) is 0 Å². The monoisotopic (exact) mass is 264 g/mol. The Morgan fingerprint density at radius 3 is 2.16 bits per heavy atom. The molecule has 2 N–H and O–H groups in total. The van der Waals surface area contributed by atoms with E-state index in [0.717, 1.165) is 37.0 Å². The zero-order valence-corrected chi connectivity index (χ0v) is 13.2. The second-order valence-electron chi connectivity index (χ2n) is 6.09. The highest BCUT2D eigenvalue weighted by Gasteiger charge is 2.19. The molecule has 1 aromatic heterocycles. The number of hydrogen-bond acceptors (Lipinski definition) is 4. The maximum absolute atomic E-state index is 4.53. The largest absolute Gasteiger partial charge is 0.370 e. The van der Waals surface area contributed by atoms with E-state index < -0.39 is 0 Å². The lowest BCUT2D eigenvalue weighted by atomic mass is 9.82. The number of rotatable bonds is 6. The number of nitrogens with zero attached hydrogens (tertiary/aromatic N) is 2. The molecule has 1 atom stereocenters. The maximum Gasteiger partial charge on any atom is 0.132 e. The molecular weight excluding hydrogens is 236 g/mol. The van der Waals surface area contributed by atoms with E-state index in [1.165, 1.54) is 0 Å². The van der Waals surface area contributed by atoms with Crippen LogP contribution in [0.3, 0.4) is 0 Å². The summed E-state index contributed by atoms with van der Waals surface area (Å²) in [6.45, 7) is 15.0. The minimum absolute atomic E-state index is 0.304. The van der Waals surface area contributed by atoms with Gasteiger partial charge in [-0.3, -0.25) is 0 Å². The molecular formula is C15H28N4. The molecule has 1 aromatic rings. The van der Waals surface area contributed by atoms with Crippen molar-refractivity contribution in [2.24, 2.45) is 11.3 Å². The van der Waals surface area contributed by atoms with Crippen LogP contribution in [0.1, 0.15) is 47.4 Å². The van der Waals surface area contributed by atoms with Crippen LogP contribution in [0, 0.1) is 11.3 Å². The van der Waals surface area contributed by atoms with Crippen molar-refractivity contribution in [3.05, 3.63) is 11.9 Å². The zero-order chi connectivity index (χ0) is 14.5. The van der Waals surface area contributed by atoms with Crippen LogP contribution < -0.4 is 10.6 Å². The van der Waals surface area contributed by atoms with Gasteiger partial charge in [-0.2, -0.15) is 0 Å². The van der Waals surface area contributed by atoms with Crippen LogP contribution in [0.25, 0.3) is 0 Å². The molecule has 0 amide bonds. The van der Waals surface area contributed by atoms with Gasteiger partial charge in [-0.15, -0.1) is 0 Å². The number of nitrogens with one attached hydrogen (secondary N) is 2. The highest BCUT2D eigenvalue weighted by molar-refractivity contribution is 5.47. The summed E-state index contributed by atoms with van der Waals surface area (Å²) in [6.07, 6.45) is 0.850. The first-order valence-corrected chi connectivity index (χ1v) is 7.22. The average molecular weight is 264 g/mol. The van der Waals surface area contributed by atoms with E-state index in [2.05, 4.69) is 62.1 Å². The lowest BCUT2D eigenvalue weighted by molar-refractivity contribution is 0.274. The van der Waals surface area contributed by atoms with Crippen molar-refractivity contribution in [2.75, 3.05) is 23.7 Å². The van der Waals surface area contributed by atoms with Crippen molar-refractivity contribution in [2.45, 2.75) is 48.0 Å². The molecule has 0 aliphatic carbocycles. The summed E-state index contributed by atoms with van der Waals surface area (Å²) in [4.78, 5) is 8.98. The van der Waals surface area contributed by atoms with Gasteiger partial charge in [-0.05, 0) is 18.3 Å². The quantitative estimate of drug-likeness (QED) is 0.824. The van der Waals surface area contributed by atoms with E-state index in [9.17, 15) is 0 Å². The summed E-state index contributed by atoms with van der Waals surface area (Å²) >= 11 is 0. The first kappa shape index (κ1) is 15.7. The molecule has 4 heteroatoms. The first-order chi connectivity index (χ1) is 8.86. The normalized spacial score (nSPS) is 13.2. The van der Waals surface area contributed by atoms with Gasteiger partial charge < -0.3 is 10.6 Å². The molecule has 1 unspecified atom stereocenters. The Kier molecular flexibility index (Phi) is 5.58. The Hall–Kier alpha value is -1.32. The Bertz CT molecular complexity index is 396. The lowest BCUT2D eigenvalue weighted by Crippen LogP contribution is -2.25. The lowest BCUT2D eigenvalue weighted by Gasteiger charge is -2.27. The topological polar surface area (TPSA) is 49.8 Å². The SMILES string of the molecule is CCNc1cc(NCC(C)C(C)(C)C)nc(CC)n1. The van der Waals surface area contributed by atoms with Crippen molar-refractivity contribution in [1.29, 1.82) is 0 Å². The van der Waals surface area contributed by atoms with Gasteiger partial charge in [-0.25, -0.2) is 9.97 Å². The number of anilines is 2. The van der Waals surface area contributed by atoms with Gasteiger partial charge in [0.1, 0.15) is 17.5 Å². The second kappa shape index (κ2) is 6.73. The molecule has 1 rings (SSSR count). The summed E-state index contributed by atoms with van der Waals surface area (Å²) in [7, 11) is 0. The Labute approximate surface area is 117 Å². The van der Waals surface area contributed by atoms with E-state index >= 15 is 0 Å². The molecule has 0 aliphatic rings. The van der Waals surface area contributed by atoms with Gasteiger partial charge >= 0.3 is 0 Å². The van der Waals surface area contributed by atoms with Gasteiger partial charge in [-0.1, -0.05) is 34.6 Å². The summed E-state index contributed by atoms with van der Waals surface area (Å²) in [6, 6.07) is 1.98. The van der Waals surface area contributed by atoms with Crippen LogP contribution in [0.15, 0.2) is 6.07 Å². The molecule has 0 saturated heterocycles. The van der Waals surface area contributed by atoms with E-state index in [0.29, 0.717) is 11.3 Å². The standard InChI is InChI=1S/C15H28N4/c1-7-12-18-13(16-8-2)9-14(19-12)17-10-11(3)15(4,5)6/h9,11H,7-8,10H2,1-6H3,(H2,16,17,18,19). The van der Waals surface area contributed by atoms with Gasteiger partial charge in [0.2, 0.25) is 0 Å². The predicted molar refractivity (Wildman–Crippen MR) is 82.7 cm³/mol. The molecule has 0 bridgehead atoms. The molecule has 0 spiro atoms. The number of aromatic nitrogens is 2. The number of aryl methyl sites for hydroxylation is 1. The van der Waals surface area contributed by atoms with Gasteiger partial charge in [0, 0.05) is 25.6 Å². The van der Waals surface area contributed by atoms with Gasteiger partial charge in [0.25, 0.3) is 0 Å². The molecule has 0 saturated carbocycles. The molecule has 4 nitrogen and oxygen atoms in total. The Balaban J connectivity index is 2.74. The Morgan fingerprint density at radius 1 is 1.11 bits per heavy atom. The highest BCUT2D eigenvalue weighted by atomic mass is 15.1. The fourth-order valence-electron chi connectivity index (χ4n) is 1.58. The third kappa shape index (κ3) is 5.05. The molecule has 0 aliphatic heterocycles. The van der Waals surface area contributed by atoms with Gasteiger partial charge in [0.15, 0.2) is 0 Å². The molecule has 1 heterocycles. The first-order valence-electron chi connectivity index (χ1n) is 7.22. The molecule has 0 aromatic carbocycles. The second-order valence-corrected chi connectivity index (χ2v) is 6.09. The summed E-state index contributed by atoms with van der Waals surface area (Å²) < 4.78 is 0. The van der Waals surface area contributed by atoms with E-state index in [1.807, 2.05) is 6.07 Å². The third-order valence-corrected chi connectivity index (χ3v) is 3.51. The molecule has 108 valence electrons. The average Bonchev–Trinajstić information content (AvgIpc) is 2.34. The Morgan fingerprint density at radius 2 is 1.68 bits per heavy atom. The minimum atomic E-state index is 0.304. The third-order valence-electron chi connectivity index (χ3n) is 3.51. The van der Waals surface area contributed by atoms with Crippen LogP contribution >= 0.6 is 0 Å². The van der Waals surface area contributed by atoms with Gasteiger partial charge in [0.05, 0.1) is 0 Å². The van der Waals surface area contributed by atoms with Crippen LogP contribution in [0.4, 0.5) is 11.6 Å². The van der Waals surface area contributed by atoms with Crippen LogP contribution in [-0.2, 0) is 6.42 Å². The predicted octanol–water partition coefficient (Wildman–Crippen LogP) is 3.56. The summed E-state index contributed by atoms with van der Waals surface area (Å²) in [5.74, 6) is 3.28. The van der Waals surface area contributed by atoms with E-state index in [4.69, 9.17) is 0 Å². The van der Waals surface area contributed by atoms with Crippen molar-refractivity contribution in [1.82, 2.24) is 9.97 Å². The van der Waals surface area contributed by atoms with Crippen molar-refractivity contribution in [3.8, 4) is 0 Å². The fourth-order valence-corrected chi connectivity index (χ4v) is 1.58. The molecule has 19 heavy (non-hydrogen) atoms. The summed E-state index contributed by atoms with van der Waals surface area (Å²) in [5.41, 5.74) is 0.304. The highest BCUT2D eigenvalue weighted by Crippen LogP contribution is 2.25. The van der Waals surface area contributed by atoms with Crippen LogP contribution in [-0.4, -0.2) is 23.1 Å². The minimum Gasteiger partial charge on any atom is -0.370 e. The van der Waals surface area contributed by atoms with E-state index in [-0.39, 0.29) is 0 Å². The molecule has 0 radical (unpaired) electrons. The van der Waals surface area contributed by atoms with Crippen LogP contribution in [0.2, 0.25) is 0 Å². The summed E-state index contributed by atoms with van der Waals surface area (Å²) in [5, 5.41) is 6.68. The van der Waals surface area contributed by atoms with Crippen molar-refractivity contribution >= 4 is 11.6 Å². The smallest absolute Gasteiger partial charge is 0.132 e. The van der Waals surface area contributed by atoms with Crippen molar-refractivity contribution in [3.63, 3.8) is 0 Å². The van der Waals surface area contributed by atoms with Crippen LogP contribution in [0.5, 0.6) is 0 Å². The maximum atomic E-state index is 4.53. The fraction of sp³-hybridized carbons (Fsp3) is 0.733. The van der Waals surface area contributed by atoms with Crippen molar-refractivity contribution < 1.29 is 0 Å². The zero-order valence-electron chi connectivity index (χ0n) is 13.2. The number of hydrogen-bond donors (Lipinski definition) is 2. The molecule has 0 fully saturated rings.